The summed E-state index contributed by atoms with van der Waals surface area (Å²) in [6.45, 7) is 4.33. The van der Waals surface area contributed by atoms with E-state index in [1.165, 1.54) is 10.6 Å². The molecule has 0 spiro atoms. The highest BCUT2D eigenvalue weighted by Gasteiger charge is 2.17. The minimum atomic E-state index is 0.185. The van der Waals surface area contributed by atoms with E-state index < -0.39 is 0 Å². The second-order valence-electron chi connectivity index (χ2n) is 3.89. The van der Waals surface area contributed by atoms with Crippen LogP contribution in [0.4, 0.5) is 0 Å². The van der Waals surface area contributed by atoms with Crippen LogP contribution in [0.15, 0.2) is 17.1 Å². The summed E-state index contributed by atoms with van der Waals surface area (Å²) in [5.41, 5.74) is 3.03. The molecule has 16 heavy (non-hydrogen) atoms. The molecule has 5 heteroatoms. The summed E-state index contributed by atoms with van der Waals surface area (Å²) in [6, 6.07) is 0.185. The van der Waals surface area contributed by atoms with Crippen molar-refractivity contribution in [1.82, 2.24) is 15.3 Å². The number of nitrogens with zero attached hydrogens (tertiary/aromatic N) is 2. The van der Waals surface area contributed by atoms with E-state index >= 15 is 0 Å². The fourth-order valence-electron chi connectivity index (χ4n) is 1.45. The van der Waals surface area contributed by atoms with Crippen molar-refractivity contribution >= 4 is 22.7 Å². The molecule has 0 bridgehead atoms. The van der Waals surface area contributed by atoms with Crippen molar-refractivity contribution in [3.63, 3.8) is 0 Å². The standard InChI is InChI=1S/C11H15N3S2/c1-7(2)8-5-15-11(14-8)10(12-3)9-4-13-6-16-9/h4-7,10,12H,1-3H3. The quantitative estimate of drug-likeness (QED) is 0.910. The highest BCUT2D eigenvalue weighted by Crippen LogP contribution is 2.28. The largest absolute Gasteiger partial charge is 0.307 e. The molecule has 0 saturated heterocycles. The van der Waals surface area contributed by atoms with Gasteiger partial charge in [-0.05, 0) is 13.0 Å². The SMILES string of the molecule is CNC(c1cncs1)c1nc(C(C)C)cs1. The summed E-state index contributed by atoms with van der Waals surface area (Å²) in [5.74, 6) is 0.490. The van der Waals surface area contributed by atoms with Crippen LogP contribution in [0.3, 0.4) is 0 Å². The lowest BCUT2D eigenvalue weighted by molar-refractivity contribution is 0.688. The van der Waals surface area contributed by atoms with Crippen LogP contribution in [-0.4, -0.2) is 17.0 Å². The molecule has 1 unspecified atom stereocenters. The highest BCUT2D eigenvalue weighted by molar-refractivity contribution is 7.11. The van der Waals surface area contributed by atoms with Gasteiger partial charge in [0.2, 0.25) is 0 Å². The Morgan fingerprint density at radius 3 is 2.62 bits per heavy atom. The van der Waals surface area contributed by atoms with Gasteiger partial charge in [-0.15, -0.1) is 22.7 Å². The fraction of sp³-hybridized carbons (Fsp3) is 0.455. The first kappa shape index (κ1) is 11.7. The van der Waals surface area contributed by atoms with E-state index in [9.17, 15) is 0 Å². The van der Waals surface area contributed by atoms with Gasteiger partial charge in [0.1, 0.15) is 5.01 Å². The predicted molar refractivity (Wildman–Crippen MR) is 69.2 cm³/mol. The molecule has 3 nitrogen and oxygen atoms in total. The van der Waals surface area contributed by atoms with Gasteiger partial charge in [0, 0.05) is 16.5 Å². The van der Waals surface area contributed by atoms with Crippen molar-refractivity contribution in [3.8, 4) is 0 Å². The van der Waals surface area contributed by atoms with Gasteiger partial charge in [-0.2, -0.15) is 0 Å². The number of hydrogen-bond acceptors (Lipinski definition) is 5. The van der Waals surface area contributed by atoms with E-state index in [2.05, 4.69) is 34.5 Å². The predicted octanol–water partition coefficient (Wildman–Crippen LogP) is 3.03. The zero-order valence-corrected chi connectivity index (χ0v) is 11.2. The Bertz CT molecular complexity index is 434. The molecular formula is C11H15N3S2. The number of nitrogens with one attached hydrogen (secondary N) is 1. The Morgan fingerprint density at radius 1 is 1.31 bits per heavy atom. The van der Waals surface area contributed by atoms with Crippen LogP contribution in [0.5, 0.6) is 0 Å². The molecule has 2 aromatic rings. The summed E-state index contributed by atoms with van der Waals surface area (Å²) in [6.07, 6.45) is 1.91. The smallest absolute Gasteiger partial charge is 0.115 e. The van der Waals surface area contributed by atoms with E-state index in [4.69, 9.17) is 0 Å². The van der Waals surface area contributed by atoms with Crippen LogP contribution >= 0.6 is 22.7 Å². The van der Waals surface area contributed by atoms with Gasteiger partial charge in [-0.1, -0.05) is 13.8 Å². The summed E-state index contributed by atoms with van der Waals surface area (Å²) in [5, 5.41) is 6.56. The van der Waals surface area contributed by atoms with Crippen molar-refractivity contribution in [3.05, 3.63) is 32.7 Å². The Morgan fingerprint density at radius 2 is 2.12 bits per heavy atom. The molecule has 0 aliphatic carbocycles. The highest BCUT2D eigenvalue weighted by atomic mass is 32.1. The third kappa shape index (κ3) is 2.31. The molecule has 2 rings (SSSR count). The zero-order valence-electron chi connectivity index (χ0n) is 9.60. The maximum absolute atomic E-state index is 4.67. The van der Waals surface area contributed by atoms with Crippen LogP contribution in [0.1, 0.15) is 41.4 Å². The van der Waals surface area contributed by atoms with Gasteiger partial charge in [-0.3, -0.25) is 4.98 Å². The lowest BCUT2D eigenvalue weighted by atomic mass is 10.2. The first-order valence-corrected chi connectivity index (χ1v) is 6.99. The Balaban J connectivity index is 2.27. The van der Waals surface area contributed by atoms with E-state index in [0.29, 0.717) is 5.92 Å². The second kappa shape index (κ2) is 5.03. The van der Waals surface area contributed by atoms with Crippen LogP contribution in [0.2, 0.25) is 0 Å². The van der Waals surface area contributed by atoms with Gasteiger partial charge < -0.3 is 5.32 Å². The normalized spacial score (nSPS) is 13.2. The van der Waals surface area contributed by atoms with Gasteiger partial charge in [0.05, 0.1) is 17.2 Å². The number of thiazole rings is 2. The molecule has 0 aliphatic rings. The van der Waals surface area contributed by atoms with E-state index in [-0.39, 0.29) is 6.04 Å². The molecule has 86 valence electrons. The van der Waals surface area contributed by atoms with Gasteiger partial charge >= 0.3 is 0 Å². The van der Waals surface area contributed by atoms with Crippen LogP contribution in [0.25, 0.3) is 0 Å². The minimum absolute atomic E-state index is 0.185. The molecule has 0 aromatic carbocycles. The average Bonchev–Trinajstić information content (AvgIpc) is 2.88. The summed E-state index contributed by atoms with van der Waals surface area (Å²) < 4.78 is 0. The lowest BCUT2D eigenvalue weighted by Gasteiger charge is -2.10. The third-order valence-corrected chi connectivity index (χ3v) is 4.17. The van der Waals surface area contributed by atoms with Gasteiger partial charge in [0.25, 0.3) is 0 Å². The van der Waals surface area contributed by atoms with Crippen molar-refractivity contribution in [1.29, 1.82) is 0 Å². The molecule has 0 saturated carbocycles. The van der Waals surface area contributed by atoms with Crippen molar-refractivity contribution in [2.24, 2.45) is 0 Å². The Kier molecular flexibility index (Phi) is 3.68. The first-order chi connectivity index (χ1) is 7.72. The summed E-state index contributed by atoms with van der Waals surface area (Å²) >= 11 is 3.38. The third-order valence-electron chi connectivity index (χ3n) is 2.40. The summed E-state index contributed by atoms with van der Waals surface area (Å²) in [7, 11) is 1.96. The number of rotatable bonds is 4. The fourth-order valence-corrected chi connectivity index (χ4v) is 3.36. The lowest BCUT2D eigenvalue weighted by Crippen LogP contribution is -2.16. The molecule has 2 heterocycles. The average molecular weight is 253 g/mol. The number of aromatic nitrogens is 2. The van der Waals surface area contributed by atoms with Crippen molar-refractivity contribution in [2.45, 2.75) is 25.8 Å². The van der Waals surface area contributed by atoms with Gasteiger partial charge in [0.15, 0.2) is 0 Å². The molecule has 0 radical (unpaired) electrons. The van der Waals surface area contributed by atoms with E-state index in [1.807, 2.05) is 18.8 Å². The monoisotopic (exact) mass is 253 g/mol. The van der Waals surface area contributed by atoms with Crippen molar-refractivity contribution in [2.75, 3.05) is 7.05 Å². The maximum Gasteiger partial charge on any atom is 0.115 e. The van der Waals surface area contributed by atoms with Crippen LogP contribution in [-0.2, 0) is 0 Å². The summed E-state index contributed by atoms with van der Waals surface area (Å²) in [4.78, 5) is 10.0. The molecule has 0 amide bonds. The molecule has 1 atom stereocenters. The van der Waals surface area contributed by atoms with Gasteiger partial charge in [-0.25, -0.2) is 4.98 Å². The topological polar surface area (TPSA) is 37.8 Å². The Labute approximate surface area is 104 Å². The second-order valence-corrected chi connectivity index (χ2v) is 5.70. The van der Waals surface area contributed by atoms with E-state index in [1.54, 1.807) is 22.7 Å². The number of hydrogen-bond donors (Lipinski definition) is 1. The molecule has 1 N–H and O–H groups in total. The molecule has 2 aromatic heterocycles. The molecule has 0 fully saturated rings. The molecule has 0 aliphatic heterocycles. The maximum atomic E-state index is 4.67. The molecular weight excluding hydrogens is 238 g/mol. The first-order valence-electron chi connectivity index (χ1n) is 5.23. The zero-order chi connectivity index (χ0) is 11.5. The van der Waals surface area contributed by atoms with Crippen LogP contribution < -0.4 is 5.32 Å². The van der Waals surface area contributed by atoms with E-state index in [0.717, 1.165) is 5.01 Å². The van der Waals surface area contributed by atoms with Crippen LogP contribution in [0, 0.1) is 0 Å². The Hall–Kier alpha value is -0.780. The minimum Gasteiger partial charge on any atom is -0.307 e. The van der Waals surface area contributed by atoms with Crippen molar-refractivity contribution < 1.29 is 0 Å².